The number of carbonyl (C=O) groups excluding carboxylic acids is 1. The highest BCUT2D eigenvalue weighted by molar-refractivity contribution is 8.00. The Balaban J connectivity index is 1.75. The van der Waals surface area contributed by atoms with Crippen molar-refractivity contribution in [2.24, 2.45) is 0 Å². The molecule has 26 heavy (non-hydrogen) atoms. The number of alkyl halides is 3. The summed E-state index contributed by atoms with van der Waals surface area (Å²) in [6.45, 7) is 1.62. The number of nitrogens with zero attached hydrogens (tertiary/aromatic N) is 3. The highest BCUT2D eigenvalue weighted by Gasteiger charge is 2.31. The molecule has 0 spiro atoms. The Morgan fingerprint density at radius 3 is 2.77 bits per heavy atom. The molecule has 3 rings (SSSR count). The van der Waals surface area contributed by atoms with E-state index in [9.17, 15) is 18.0 Å². The lowest BCUT2D eigenvalue weighted by Crippen LogP contribution is -2.23. The molecular formula is C16H12ClF3N4OS. The van der Waals surface area contributed by atoms with Gasteiger partial charge < -0.3 is 5.32 Å². The van der Waals surface area contributed by atoms with Gasteiger partial charge in [0.25, 0.3) is 0 Å². The maximum Gasteiger partial charge on any atom is 0.416 e. The van der Waals surface area contributed by atoms with E-state index in [1.54, 1.807) is 29.7 Å². The summed E-state index contributed by atoms with van der Waals surface area (Å²) >= 11 is 7.04. The molecule has 2 aromatic heterocycles. The number of aromatic nitrogens is 3. The Hall–Kier alpha value is -2.26. The minimum Gasteiger partial charge on any atom is -0.324 e. The van der Waals surface area contributed by atoms with E-state index in [2.05, 4.69) is 15.5 Å². The maximum atomic E-state index is 12.8. The minimum atomic E-state index is -4.52. The smallest absolute Gasteiger partial charge is 0.324 e. The fourth-order valence-corrected chi connectivity index (χ4v) is 3.15. The molecule has 0 aliphatic carbocycles. The van der Waals surface area contributed by atoms with Crippen molar-refractivity contribution >= 4 is 40.6 Å². The summed E-state index contributed by atoms with van der Waals surface area (Å²) in [4.78, 5) is 12.4. The number of hydrogen-bond acceptors (Lipinski definition) is 4. The van der Waals surface area contributed by atoms with Gasteiger partial charge in [-0.15, -0.1) is 10.2 Å². The van der Waals surface area contributed by atoms with Gasteiger partial charge in [0.05, 0.1) is 21.5 Å². The monoisotopic (exact) mass is 400 g/mol. The van der Waals surface area contributed by atoms with Crippen LogP contribution in [-0.2, 0) is 11.0 Å². The number of anilines is 1. The summed E-state index contributed by atoms with van der Waals surface area (Å²) in [6, 6.07) is 8.15. The topological polar surface area (TPSA) is 59.3 Å². The molecule has 0 bridgehead atoms. The van der Waals surface area contributed by atoms with E-state index in [1.165, 1.54) is 0 Å². The van der Waals surface area contributed by atoms with Crippen LogP contribution in [0.4, 0.5) is 18.9 Å². The molecule has 0 aliphatic heterocycles. The second-order valence-corrected chi connectivity index (χ2v) is 7.07. The Bertz CT molecular complexity index is 960. The Labute approximate surface area is 155 Å². The summed E-state index contributed by atoms with van der Waals surface area (Å²) < 4.78 is 40.2. The highest BCUT2D eigenvalue weighted by atomic mass is 35.5. The third-order valence-electron chi connectivity index (χ3n) is 3.49. The number of carbonyl (C=O) groups is 1. The predicted octanol–water partition coefficient (Wildman–Crippen LogP) is 4.52. The molecule has 1 unspecified atom stereocenters. The van der Waals surface area contributed by atoms with E-state index in [1.807, 2.05) is 6.07 Å². The van der Waals surface area contributed by atoms with Crippen LogP contribution in [0.1, 0.15) is 12.5 Å². The van der Waals surface area contributed by atoms with E-state index in [0.717, 1.165) is 30.0 Å². The highest BCUT2D eigenvalue weighted by Crippen LogP contribution is 2.34. The summed E-state index contributed by atoms with van der Waals surface area (Å²) in [5.74, 6) is -0.496. The molecule has 0 fully saturated rings. The van der Waals surface area contributed by atoms with Crippen LogP contribution in [0.25, 0.3) is 5.65 Å². The molecule has 2 heterocycles. The summed E-state index contributed by atoms with van der Waals surface area (Å²) in [5.41, 5.74) is -0.352. The lowest BCUT2D eigenvalue weighted by Gasteiger charge is -2.14. The first-order valence-electron chi connectivity index (χ1n) is 7.40. The third kappa shape index (κ3) is 3.94. The zero-order valence-corrected chi connectivity index (χ0v) is 14.9. The predicted molar refractivity (Wildman–Crippen MR) is 93.4 cm³/mol. The fraction of sp³-hybridized carbons (Fsp3) is 0.188. The molecule has 1 N–H and O–H groups in total. The SMILES string of the molecule is CC(Sc1nnc2ccccn12)C(=O)Nc1cc(C(F)(F)F)ccc1Cl. The van der Waals surface area contributed by atoms with Crippen LogP contribution in [0.15, 0.2) is 47.8 Å². The van der Waals surface area contributed by atoms with Crippen LogP contribution in [0.3, 0.4) is 0 Å². The van der Waals surface area contributed by atoms with Crippen LogP contribution in [0.5, 0.6) is 0 Å². The molecule has 1 atom stereocenters. The molecule has 0 saturated heterocycles. The maximum absolute atomic E-state index is 12.8. The lowest BCUT2D eigenvalue weighted by atomic mass is 10.2. The summed E-state index contributed by atoms with van der Waals surface area (Å²) in [5, 5.41) is 10.3. The van der Waals surface area contributed by atoms with Crippen molar-refractivity contribution in [2.45, 2.75) is 23.5 Å². The minimum absolute atomic E-state index is 0.0245. The van der Waals surface area contributed by atoms with Gasteiger partial charge >= 0.3 is 6.18 Å². The number of halogens is 4. The van der Waals surface area contributed by atoms with Crippen molar-refractivity contribution in [1.29, 1.82) is 0 Å². The van der Waals surface area contributed by atoms with Crippen molar-refractivity contribution < 1.29 is 18.0 Å². The zero-order valence-electron chi connectivity index (χ0n) is 13.3. The molecule has 0 saturated carbocycles. The molecular weight excluding hydrogens is 389 g/mol. The number of pyridine rings is 1. The van der Waals surface area contributed by atoms with E-state index in [-0.39, 0.29) is 10.7 Å². The molecule has 5 nitrogen and oxygen atoms in total. The second-order valence-electron chi connectivity index (χ2n) is 5.35. The van der Waals surface area contributed by atoms with E-state index in [4.69, 9.17) is 11.6 Å². The molecule has 136 valence electrons. The number of thioether (sulfide) groups is 1. The van der Waals surface area contributed by atoms with Crippen LogP contribution in [0.2, 0.25) is 5.02 Å². The van der Waals surface area contributed by atoms with Gasteiger partial charge in [-0.25, -0.2) is 0 Å². The van der Waals surface area contributed by atoms with Crippen LogP contribution in [0, 0.1) is 0 Å². The third-order valence-corrected chi connectivity index (χ3v) is 4.87. The molecule has 10 heteroatoms. The first-order chi connectivity index (χ1) is 12.3. The van der Waals surface area contributed by atoms with Crippen molar-refractivity contribution in [3.8, 4) is 0 Å². The summed E-state index contributed by atoms with van der Waals surface area (Å²) in [6.07, 6.45) is -2.77. The van der Waals surface area contributed by atoms with Crippen LogP contribution < -0.4 is 5.32 Å². The van der Waals surface area contributed by atoms with Crippen LogP contribution in [-0.4, -0.2) is 25.8 Å². The Morgan fingerprint density at radius 1 is 1.27 bits per heavy atom. The van der Waals surface area contributed by atoms with Crippen molar-refractivity contribution in [3.05, 3.63) is 53.2 Å². The lowest BCUT2D eigenvalue weighted by molar-refractivity contribution is -0.137. The van der Waals surface area contributed by atoms with E-state index < -0.39 is 22.9 Å². The molecule has 1 amide bonds. The van der Waals surface area contributed by atoms with Gasteiger partial charge in [-0.2, -0.15) is 13.2 Å². The quantitative estimate of drug-likeness (QED) is 0.654. The average Bonchev–Trinajstić information content (AvgIpc) is 2.99. The fourth-order valence-electron chi connectivity index (χ4n) is 2.14. The van der Waals surface area contributed by atoms with Crippen LogP contribution >= 0.6 is 23.4 Å². The Kier molecular flexibility index (Phi) is 5.10. The van der Waals surface area contributed by atoms with Gasteiger partial charge in [-0.1, -0.05) is 29.4 Å². The molecule has 0 aliphatic rings. The molecule has 0 radical (unpaired) electrons. The zero-order chi connectivity index (χ0) is 18.9. The number of rotatable bonds is 4. The van der Waals surface area contributed by atoms with E-state index >= 15 is 0 Å². The first kappa shape index (κ1) is 18.5. The van der Waals surface area contributed by atoms with Crippen molar-refractivity contribution in [1.82, 2.24) is 14.6 Å². The number of fused-ring (bicyclic) bond motifs is 1. The van der Waals surface area contributed by atoms with E-state index in [0.29, 0.717) is 10.8 Å². The molecule has 3 aromatic rings. The largest absolute Gasteiger partial charge is 0.416 e. The number of amides is 1. The van der Waals surface area contributed by atoms with Gasteiger partial charge in [-0.05, 0) is 37.3 Å². The molecule has 1 aromatic carbocycles. The van der Waals surface area contributed by atoms with Crippen molar-refractivity contribution in [2.75, 3.05) is 5.32 Å². The Morgan fingerprint density at radius 2 is 2.04 bits per heavy atom. The number of nitrogens with one attached hydrogen (secondary N) is 1. The van der Waals surface area contributed by atoms with Gasteiger partial charge in [0.2, 0.25) is 5.91 Å². The average molecular weight is 401 g/mol. The normalized spacial score (nSPS) is 13.0. The van der Waals surface area contributed by atoms with Crippen molar-refractivity contribution in [3.63, 3.8) is 0 Å². The number of benzene rings is 1. The standard InChI is InChI=1S/C16H12ClF3N4OS/c1-9(26-15-23-22-13-4-2-3-7-24(13)15)14(25)21-12-8-10(16(18,19)20)5-6-11(12)17/h2-9H,1H3,(H,21,25). The first-order valence-corrected chi connectivity index (χ1v) is 8.65. The number of hydrogen-bond donors (Lipinski definition) is 1. The van der Waals surface area contributed by atoms with Gasteiger partial charge in [0, 0.05) is 6.20 Å². The van der Waals surface area contributed by atoms with Gasteiger partial charge in [-0.3, -0.25) is 9.20 Å². The van der Waals surface area contributed by atoms with Gasteiger partial charge in [0.1, 0.15) is 0 Å². The van der Waals surface area contributed by atoms with Gasteiger partial charge in [0.15, 0.2) is 10.8 Å². The summed E-state index contributed by atoms with van der Waals surface area (Å²) in [7, 11) is 0. The second kappa shape index (κ2) is 7.16.